The summed E-state index contributed by atoms with van der Waals surface area (Å²) in [6.07, 6.45) is 9.69. The molecule has 1 N–H and O–H groups in total. The van der Waals surface area contributed by atoms with E-state index in [2.05, 4.69) is 16.4 Å². The third kappa shape index (κ3) is 2.59. The monoisotopic (exact) mass is 330 g/mol. The summed E-state index contributed by atoms with van der Waals surface area (Å²) in [6, 6.07) is 12.2. The lowest BCUT2D eigenvalue weighted by Gasteiger charge is -2.56. The minimum Gasteiger partial charge on any atom is -0.349 e. The summed E-state index contributed by atoms with van der Waals surface area (Å²) >= 11 is 0. The molecule has 0 atom stereocenters. The summed E-state index contributed by atoms with van der Waals surface area (Å²) < 4.78 is 0. The van der Waals surface area contributed by atoms with E-state index in [9.17, 15) is 5.26 Å². The first-order valence-electron chi connectivity index (χ1n) is 9.34. The third-order valence-corrected chi connectivity index (χ3v) is 6.37. The number of nitriles is 1. The molecule has 0 amide bonds. The number of benzene rings is 1. The van der Waals surface area contributed by atoms with Crippen molar-refractivity contribution in [2.45, 2.75) is 44.1 Å². The minimum atomic E-state index is 0.177. The number of hydrogen-bond acceptors (Lipinski definition) is 4. The Labute approximate surface area is 148 Å². The highest BCUT2D eigenvalue weighted by Gasteiger charge is 2.51. The molecule has 0 saturated heterocycles. The number of nitrogens with zero attached hydrogens (tertiary/aromatic N) is 3. The summed E-state index contributed by atoms with van der Waals surface area (Å²) in [5, 5.41) is 13.1. The fraction of sp³-hybridized carbons (Fsp3) is 0.476. The van der Waals surface area contributed by atoms with Gasteiger partial charge in [0.1, 0.15) is 6.07 Å². The van der Waals surface area contributed by atoms with Gasteiger partial charge in [-0.05, 0) is 56.3 Å². The van der Waals surface area contributed by atoms with E-state index >= 15 is 0 Å². The SMILES string of the molecule is N#Cc1cnc(NC23CC4CC(CC(C4)C2)C3)nc1-c1ccccc1. The van der Waals surface area contributed by atoms with Crippen LogP contribution in [0.1, 0.15) is 44.1 Å². The van der Waals surface area contributed by atoms with Crippen LogP contribution in [0.4, 0.5) is 5.95 Å². The average Bonchev–Trinajstić information content (AvgIpc) is 2.61. The van der Waals surface area contributed by atoms with Gasteiger partial charge >= 0.3 is 0 Å². The molecule has 2 aromatic rings. The number of anilines is 1. The van der Waals surface area contributed by atoms with Crippen molar-refractivity contribution in [3.63, 3.8) is 0 Å². The van der Waals surface area contributed by atoms with Gasteiger partial charge in [-0.3, -0.25) is 0 Å². The van der Waals surface area contributed by atoms with Gasteiger partial charge in [0.05, 0.1) is 17.5 Å². The minimum absolute atomic E-state index is 0.177. The van der Waals surface area contributed by atoms with Gasteiger partial charge in [-0.15, -0.1) is 0 Å². The number of nitrogens with one attached hydrogen (secondary N) is 1. The topological polar surface area (TPSA) is 61.6 Å². The summed E-state index contributed by atoms with van der Waals surface area (Å²) in [7, 11) is 0. The van der Waals surface area contributed by atoms with Gasteiger partial charge in [-0.2, -0.15) is 5.26 Å². The molecule has 4 nitrogen and oxygen atoms in total. The molecule has 4 saturated carbocycles. The lowest BCUT2D eigenvalue weighted by Crippen LogP contribution is -2.55. The smallest absolute Gasteiger partial charge is 0.223 e. The lowest BCUT2D eigenvalue weighted by molar-refractivity contribution is 0.0103. The van der Waals surface area contributed by atoms with Crippen LogP contribution in [0.3, 0.4) is 0 Å². The maximum Gasteiger partial charge on any atom is 0.223 e. The van der Waals surface area contributed by atoms with Crippen LogP contribution >= 0.6 is 0 Å². The van der Waals surface area contributed by atoms with Crippen molar-refractivity contribution in [2.24, 2.45) is 17.8 Å². The van der Waals surface area contributed by atoms with Gasteiger partial charge in [0.25, 0.3) is 0 Å². The second kappa shape index (κ2) is 5.56. The second-order valence-electron chi connectivity index (χ2n) is 8.26. The predicted molar refractivity (Wildman–Crippen MR) is 96.7 cm³/mol. The Morgan fingerprint density at radius 1 is 1.00 bits per heavy atom. The molecule has 1 heterocycles. The standard InChI is InChI=1S/C21H22N4/c22-12-18-13-23-20(24-19(18)17-4-2-1-3-5-17)25-21-9-14-6-15(10-21)8-16(7-14)11-21/h1-5,13-16H,6-11H2,(H,23,24,25). The molecule has 1 aromatic heterocycles. The van der Waals surface area contributed by atoms with Crippen molar-refractivity contribution in [3.8, 4) is 17.3 Å². The molecule has 6 rings (SSSR count). The van der Waals surface area contributed by atoms with E-state index in [0.29, 0.717) is 11.5 Å². The van der Waals surface area contributed by atoms with Crippen LogP contribution in [0.15, 0.2) is 36.5 Å². The predicted octanol–water partition coefficient (Wildman–Crippen LogP) is 4.40. The third-order valence-electron chi connectivity index (χ3n) is 6.37. The van der Waals surface area contributed by atoms with Gasteiger partial charge in [-0.25, -0.2) is 9.97 Å². The highest BCUT2D eigenvalue weighted by molar-refractivity contribution is 5.67. The number of rotatable bonds is 3. The van der Waals surface area contributed by atoms with E-state index in [1.807, 2.05) is 30.3 Å². The highest BCUT2D eigenvalue weighted by atomic mass is 15.2. The Kier molecular flexibility index (Phi) is 3.31. The zero-order chi connectivity index (χ0) is 16.9. The maximum absolute atomic E-state index is 9.42. The second-order valence-corrected chi connectivity index (χ2v) is 8.26. The molecule has 0 radical (unpaired) electrons. The Bertz CT molecular complexity index is 801. The average molecular weight is 330 g/mol. The van der Waals surface area contributed by atoms with Crippen molar-refractivity contribution in [3.05, 3.63) is 42.1 Å². The van der Waals surface area contributed by atoms with Crippen LogP contribution in [0.2, 0.25) is 0 Å². The molecule has 4 aliphatic rings. The van der Waals surface area contributed by atoms with Crippen LogP contribution in [-0.4, -0.2) is 15.5 Å². The summed E-state index contributed by atoms with van der Waals surface area (Å²) in [5.41, 5.74) is 2.40. The Balaban J connectivity index is 1.48. The van der Waals surface area contributed by atoms with E-state index < -0.39 is 0 Å². The van der Waals surface area contributed by atoms with Gasteiger partial charge in [0.15, 0.2) is 0 Å². The normalized spacial score (nSPS) is 32.4. The van der Waals surface area contributed by atoms with Crippen LogP contribution in [-0.2, 0) is 0 Å². The van der Waals surface area contributed by atoms with Gasteiger partial charge in [-0.1, -0.05) is 30.3 Å². The van der Waals surface area contributed by atoms with Crippen molar-refractivity contribution in [2.75, 3.05) is 5.32 Å². The number of aromatic nitrogens is 2. The van der Waals surface area contributed by atoms with Crippen molar-refractivity contribution >= 4 is 5.95 Å². The molecule has 4 bridgehead atoms. The quantitative estimate of drug-likeness (QED) is 0.906. The van der Waals surface area contributed by atoms with Gasteiger partial charge < -0.3 is 5.32 Å². The summed E-state index contributed by atoms with van der Waals surface area (Å²) in [4.78, 5) is 9.21. The molecule has 126 valence electrons. The molecule has 0 aliphatic heterocycles. The molecule has 25 heavy (non-hydrogen) atoms. The summed E-state index contributed by atoms with van der Waals surface area (Å²) in [6.45, 7) is 0. The lowest BCUT2D eigenvalue weighted by atomic mass is 9.53. The molecular weight excluding hydrogens is 308 g/mol. The van der Waals surface area contributed by atoms with E-state index in [4.69, 9.17) is 4.98 Å². The van der Waals surface area contributed by atoms with E-state index in [0.717, 1.165) is 29.0 Å². The van der Waals surface area contributed by atoms with Crippen molar-refractivity contribution < 1.29 is 0 Å². The Morgan fingerprint density at radius 3 is 2.24 bits per heavy atom. The first-order valence-corrected chi connectivity index (χ1v) is 9.34. The Morgan fingerprint density at radius 2 is 1.64 bits per heavy atom. The largest absolute Gasteiger partial charge is 0.349 e. The van der Waals surface area contributed by atoms with Crippen molar-refractivity contribution in [1.29, 1.82) is 5.26 Å². The van der Waals surface area contributed by atoms with E-state index in [-0.39, 0.29) is 5.54 Å². The zero-order valence-electron chi connectivity index (χ0n) is 14.3. The maximum atomic E-state index is 9.42. The van der Waals surface area contributed by atoms with Gasteiger partial charge in [0, 0.05) is 11.1 Å². The van der Waals surface area contributed by atoms with E-state index in [1.165, 1.54) is 38.5 Å². The fourth-order valence-electron chi connectivity index (χ4n) is 5.84. The van der Waals surface area contributed by atoms with E-state index in [1.54, 1.807) is 6.20 Å². The van der Waals surface area contributed by atoms with Crippen LogP contribution in [0, 0.1) is 29.1 Å². The Hall–Kier alpha value is -2.41. The highest BCUT2D eigenvalue weighted by Crippen LogP contribution is 2.56. The van der Waals surface area contributed by atoms with Crippen molar-refractivity contribution in [1.82, 2.24) is 9.97 Å². The first-order chi connectivity index (χ1) is 12.2. The van der Waals surface area contributed by atoms with Gasteiger partial charge in [0.2, 0.25) is 5.95 Å². The first kappa shape index (κ1) is 14.9. The molecule has 4 fully saturated rings. The molecule has 4 heteroatoms. The molecule has 1 aromatic carbocycles. The molecule has 0 unspecified atom stereocenters. The van der Waals surface area contributed by atoms with Crippen LogP contribution < -0.4 is 5.32 Å². The molecular formula is C21H22N4. The molecule has 4 aliphatic carbocycles. The fourth-order valence-corrected chi connectivity index (χ4v) is 5.84. The molecule has 0 spiro atoms. The van der Waals surface area contributed by atoms with Crippen LogP contribution in [0.25, 0.3) is 11.3 Å². The summed E-state index contributed by atoms with van der Waals surface area (Å²) in [5.74, 6) is 3.32. The number of hydrogen-bond donors (Lipinski definition) is 1. The zero-order valence-corrected chi connectivity index (χ0v) is 14.3. The van der Waals surface area contributed by atoms with Crippen LogP contribution in [0.5, 0.6) is 0 Å².